The van der Waals surface area contributed by atoms with E-state index in [2.05, 4.69) is 15.6 Å². The van der Waals surface area contributed by atoms with Gasteiger partial charge in [0, 0.05) is 25.7 Å². The molecule has 0 fully saturated rings. The number of nitrogens with one attached hydrogen (secondary N) is 2. The lowest BCUT2D eigenvalue weighted by Gasteiger charge is -2.13. The van der Waals surface area contributed by atoms with Gasteiger partial charge in [0.15, 0.2) is 5.96 Å². The van der Waals surface area contributed by atoms with Gasteiger partial charge in [-0.3, -0.25) is 4.99 Å². The molecule has 0 aliphatic carbocycles. The number of hydrogen-bond donors (Lipinski definition) is 2. The molecule has 2 aromatic rings. The predicted molar refractivity (Wildman–Crippen MR) is 91.3 cm³/mol. The standard InChI is InChI=1S/C18H22FN3O/c1-20-18(21-11-10-14-6-5-8-16(19)12-14)22-13-15-7-3-4-9-17(15)23-2/h3-9,12H,10-11,13H2,1-2H3,(H2,20,21,22). The molecule has 0 aliphatic heterocycles. The first-order chi connectivity index (χ1) is 11.2. The van der Waals surface area contributed by atoms with Crippen LogP contribution in [0.4, 0.5) is 4.39 Å². The second-order valence-corrected chi connectivity index (χ2v) is 5.04. The second-order valence-electron chi connectivity index (χ2n) is 5.04. The maximum Gasteiger partial charge on any atom is 0.191 e. The Hall–Kier alpha value is -2.56. The van der Waals surface area contributed by atoms with Crippen molar-refractivity contribution in [1.29, 1.82) is 0 Å². The Morgan fingerprint density at radius 1 is 1.13 bits per heavy atom. The maximum atomic E-state index is 13.1. The molecule has 4 nitrogen and oxygen atoms in total. The summed E-state index contributed by atoms with van der Waals surface area (Å²) in [5, 5.41) is 6.46. The molecule has 0 saturated carbocycles. The van der Waals surface area contributed by atoms with Crippen molar-refractivity contribution in [3.05, 3.63) is 65.5 Å². The molecule has 23 heavy (non-hydrogen) atoms. The Bertz CT molecular complexity index is 658. The largest absolute Gasteiger partial charge is 0.496 e. The highest BCUT2D eigenvalue weighted by atomic mass is 19.1. The quantitative estimate of drug-likeness (QED) is 0.636. The monoisotopic (exact) mass is 315 g/mol. The lowest BCUT2D eigenvalue weighted by Crippen LogP contribution is -2.37. The van der Waals surface area contributed by atoms with Crippen molar-refractivity contribution in [1.82, 2.24) is 10.6 Å². The van der Waals surface area contributed by atoms with Gasteiger partial charge in [0.05, 0.1) is 7.11 Å². The number of guanidine groups is 1. The van der Waals surface area contributed by atoms with Crippen LogP contribution in [-0.2, 0) is 13.0 Å². The zero-order valence-electron chi connectivity index (χ0n) is 13.5. The summed E-state index contributed by atoms with van der Waals surface area (Å²) in [5.41, 5.74) is 2.01. The van der Waals surface area contributed by atoms with E-state index in [9.17, 15) is 4.39 Å². The van der Waals surface area contributed by atoms with Crippen molar-refractivity contribution in [2.45, 2.75) is 13.0 Å². The number of aliphatic imine (C=N–C) groups is 1. The molecule has 0 atom stereocenters. The summed E-state index contributed by atoms with van der Waals surface area (Å²) < 4.78 is 18.5. The fourth-order valence-electron chi connectivity index (χ4n) is 2.27. The number of methoxy groups -OCH3 is 1. The fraction of sp³-hybridized carbons (Fsp3) is 0.278. The van der Waals surface area contributed by atoms with E-state index < -0.39 is 0 Å². The van der Waals surface area contributed by atoms with E-state index in [0.717, 1.165) is 23.3 Å². The number of benzene rings is 2. The third-order valence-corrected chi connectivity index (χ3v) is 3.46. The lowest BCUT2D eigenvalue weighted by atomic mass is 10.1. The van der Waals surface area contributed by atoms with E-state index in [-0.39, 0.29) is 5.82 Å². The van der Waals surface area contributed by atoms with Crippen LogP contribution in [0.25, 0.3) is 0 Å². The van der Waals surface area contributed by atoms with Crippen molar-refractivity contribution >= 4 is 5.96 Å². The van der Waals surface area contributed by atoms with E-state index in [4.69, 9.17) is 4.74 Å². The van der Waals surface area contributed by atoms with Gasteiger partial charge in [-0.2, -0.15) is 0 Å². The molecule has 2 aromatic carbocycles. The van der Waals surface area contributed by atoms with Gasteiger partial charge in [0.25, 0.3) is 0 Å². The Kier molecular flexibility index (Phi) is 6.41. The van der Waals surface area contributed by atoms with Crippen LogP contribution in [0.5, 0.6) is 5.75 Å². The van der Waals surface area contributed by atoms with Gasteiger partial charge in [-0.1, -0.05) is 30.3 Å². The molecule has 0 saturated heterocycles. The second kappa shape index (κ2) is 8.78. The van der Waals surface area contributed by atoms with Gasteiger partial charge in [-0.15, -0.1) is 0 Å². The number of nitrogens with zero attached hydrogens (tertiary/aromatic N) is 1. The van der Waals surface area contributed by atoms with Gasteiger partial charge in [0.2, 0.25) is 0 Å². The zero-order chi connectivity index (χ0) is 16.5. The van der Waals surface area contributed by atoms with Gasteiger partial charge in [-0.05, 0) is 30.2 Å². The van der Waals surface area contributed by atoms with Crippen LogP contribution >= 0.6 is 0 Å². The van der Waals surface area contributed by atoms with Crippen molar-refractivity contribution in [2.75, 3.05) is 20.7 Å². The van der Waals surface area contributed by atoms with E-state index in [0.29, 0.717) is 19.0 Å². The number of halogens is 1. The van der Waals surface area contributed by atoms with Crippen LogP contribution in [0.15, 0.2) is 53.5 Å². The van der Waals surface area contributed by atoms with Crippen LogP contribution < -0.4 is 15.4 Å². The van der Waals surface area contributed by atoms with Crippen molar-refractivity contribution in [3.63, 3.8) is 0 Å². The van der Waals surface area contributed by atoms with E-state index >= 15 is 0 Å². The SMILES string of the molecule is CN=C(NCCc1cccc(F)c1)NCc1ccccc1OC. The smallest absolute Gasteiger partial charge is 0.191 e. The van der Waals surface area contributed by atoms with E-state index in [1.54, 1.807) is 26.3 Å². The third kappa shape index (κ3) is 5.29. The molecule has 0 unspecified atom stereocenters. The highest BCUT2D eigenvalue weighted by molar-refractivity contribution is 5.79. The summed E-state index contributed by atoms with van der Waals surface area (Å²) in [6, 6.07) is 14.5. The molecule has 0 heterocycles. The van der Waals surface area contributed by atoms with E-state index in [1.165, 1.54) is 6.07 Å². The molecule has 5 heteroatoms. The van der Waals surface area contributed by atoms with Gasteiger partial charge in [0.1, 0.15) is 11.6 Å². The van der Waals surface area contributed by atoms with Crippen LogP contribution in [0, 0.1) is 5.82 Å². The maximum absolute atomic E-state index is 13.1. The third-order valence-electron chi connectivity index (χ3n) is 3.46. The first kappa shape index (κ1) is 16.8. The Labute approximate surface area is 136 Å². The first-order valence-corrected chi connectivity index (χ1v) is 7.54. The number of rotatable bonds is 6. The molecule has 2 rings (SSSR count). The van der Waals surface area contributed by atoms with E-state index in [1.807, 2.05) is 30.3 Å². The molecule has 2 N–H and O–H groups in total. The van der Waals surface area contributed by atoms with Crippen LogP contribution in [-0.4, -0.2) is 26.7 Å². The summed E-state index contributed by atoms with van der Waals surface area (Å²) in [6.45, 7) is 1.29. The number of ether oxygens (including phenoxy) is 1. The molecular formula is C18H22FN3O. The summed E-state index contributed by atoms with van der Waals surface area (Å²) >= 11 is 0. The molecule has 0 aliphatic rings. The van der Waals surface area contributed by atoms with Crippen molar-refractivity contribution < 1.29 is 9.13 Å². The highest BCUT2D eigenvalue weighted by Gasteiger charge is 2.03. The molecule has 122 valence electrons. The van der Waals surface area contributed by atoms with Crippen LogP contribution in [0.1, 0.15) is 11.1 Å². The van der Waals surface area contributed by atoms with Crippen LogP contribution in [0.2, 0.25) is 0 Å². The number of para-hydroxylation sites is 1. The minimum atomic E-state index is -0.207. The molecule has 0 spiro atoms. The van der Waals surface area contributed by atoms with Gasteiger partial charge in [-0.25, -0.2) is 4.39 Å². The zero-order valence-corrected chi connectivity index (χ0v) is 13.5. The lowest BCUT2D eigenvalue weighted by molar-refractivity contribution is 0.409. The normalized spacial score (nSPS) is 11.2. The average Bonchev–Trinajstić information content (AvgIpc) is 2.58. The van der Waals surface area contributed by atoms with Gasteiger partial charge < -0.3 is 15.4 Å². The predicted octanol–water partition coefficient (Wildman–Crippen LogP) is 2.74. The molecule has 0 bridgehead atoms. The summed E-state index contributed by atoms with van der Waals surface area (Å²) in [4.78, 5) is 4.19. The number of hydrogen-bond acceptors (Lipinski definition) is 2. The summed E-state index contributed by atoms with van der Waals surface area (Å²) in [6.07, 6.45) is 0.729. The Balaban J connectivity index is 1.82. The van der Waals surface area contributed by atoms with Gasteiger partial charge >= 0.3 is 0 Å². The molecular weight excluding hydrogens is 293 g/mol. The fourth-order valence-corrected chi connectivity index (χ4v) is 2.27. The van der Waals surface area contributed by atoms with Crippen LogP contribution in [0.3, 0.4) is 0 Å². The average molecular weight is 315 g/mol. The minimum Gasteiger partial charge on any atom is -0.496 e. The summed E-state index contributed by atoms with van der Waals surface area (Å²) in [7, 11) is 3.38. The first-order valence-electron chi connectivity index (χ1n) is 7.54. The topological polar surface area (TPSA) is 45.7 Å². The Morgan fingerprint density at radius 2 is 1.96 bits per heavy atom. The Morgan fingerprint density at radius 3 is 2.70 bits per heavy atom. The highest BCUT2D eigenvalue weighted by Crippen LogP contribution is 2.16. The molecule has 0 radical (unpaired) electrons. The summed E-state index contributed by atoms with van der Waals surface area (Å²) in [5.74, 6) is 1.34. The molecule has 0 aromatic heterocycles. The van der Waals surface area contributed by atoms with Crippen molar-refractivity contribution in [3.8, 4) is 5.75 Å². The molecule has 0 amide bonds. The minimum absolute atomic E-state index is 0.207. The van der Waals surface area contributed by atoms with Crippen molar-refractivity contribution in [2.24, 2.45) is 4.99 Å².